The smallest absolute Gasteiger partial charge is 0.338 e. The Kier molecular flexibility index (Phi) is 5.53. The van der Waals surface area contributed by atoms with Crippen LogP contribution < -0.4 is 4.72 Å². The number of ether oxygens (including phenoxy) is 1. The van der Waals surface area contributed by atoms with Gasteiger partial charge in [-0.3, -0.25) is 0 Å². The van der Waals surface area contributed by atoms with Gasteiger partial charge in [0.1, 0.15) is 6.10 Å². The van der Waals surface area contributed by atoms with Crippen molar-refractivity contribution in [3.05, 3.63) is 107 Å². The maximum atomic E-state index is 13.0. The molecule has 0 amide bonds. The number of fused-ring (bicyclic) bond motifs is 1. The number of carbonyl (C=O) groups is 1. The van der Waals surface area contributed by atoms with Crippen molar-refractivity contribution in [2.75, 3.05) is 0 Å². The minimum Gasteiger partial charge on any atom is -0.452 e. The van der Waals surface area contributed by atoms with Crippen molar-refractivity contribution < 1.29 is 17.9 Å². The van der Waals surface area contributed by atoms with Crippen molar-refractivity contribution in [1.82, 2.24) is 4.72 Å². The maximum Gasteiger partial charge on any atom is 0.338 e. The van der Waals surface area contributed by atoms with E-state index >= 15 is 0 Å². The molecule has 1 aliphatic rings. The summed E-state index contributed by atoms with van der Waals surface area (Å²) >= 11 is 0. The van der Waals surface area contributed by atoms with E-state index < -0.39 is 28.1 Å². The van der Waals surface area contributed by atoms with E-state index in [4.69, 9.17) is 4.74 Å². The molecule has 4 rings (SSSR count). The molecule has 30 heavy (non-hydrogen) atoms. The Morgan fingerprint density at radius 2 is 1.57 bits per heavy atom. The quantitative estimate of drug-likeness (QED) is 0.627. The van der Waals surface area contributed by atoms with Gasteiger partial charge in [-0.15, -0.1) is 0 Å². The number of hydrogen-bond acceptors (Lipinski definition) is 4. The molecule has 0 fully saturated rings. The Balaban J connectivity index is 1.66. The van der Waals surface area contributed by atoms with Crippen LogP contribution in [0.4, 0.5) is 0 Å². The van der Waals surface area contributed by atoms with E-state index in [2.05, 4.69) is 4.72 Å². The topological polar surface area (TPSA) is 72.5 Å². The summed E-state index contributed by atoms with van der Waals surface area (Å²) in [6.45, 7) is 1.89. The van der Waals surface area contributed by atoms with Gasteiger partial charge in [0.15, 0.2) is 0 Å². The summed E-state index contributed by atoms with van der Waals surface area (Å²) in [6.07, 6.45) is 2.77. The van der Waals surface area contributed by atoms with Crippen molar-refractivity contribution in [2.45, 2.75) is 24.0 Å². The molecule has 0 spiro atoms. The predicted octanol–water partition coefficient (Wildman–Crippen LogP) is 4.27. The Labute approximate surface area is 176 Å². The normalized spacial score (nSPS) is 17.9. The number of sulfonamides is 1. The summed E-state index contributed by atoms with van der Waals surface area (Å²) in [7, 11) is -3.83. The highest BCUT2D eigenvalue weighted by atomic mass is 32.2. The molecule has 2 atom stereocenters. The standard InChI is InChI=1S/C24H21NO4S/c1-17-11-14-20(15-12-17)30(27,28)25-23-21-10-6-5-7-18(21)13-16-22(23)29-24(26)19-8-3-2-4-9-19/h2-16,22-23,25H,1H3/t22-,23-/m0/s1. The highest BCUT2D eigenvalue weighted by molar-refractivity contribution is 7.89. The lowest BCUT2D eigenvalue weighted by Crippen LogP contribution is -2.39. The van der Waals surface area contributed by atoms with Crippen molar-refractivity contribution in [3.8, 4) is 0 Å². The Morgan fingerprint density at radius 3 is 2.30 bits per heavy atom. The summed E-state index contributed by atoms with van der Waals surface area (Å²) < 4.78 is 34.5. The first-order valence-electron chi connectivity index (χ1n) is 9.56. The number of rotatable bonds is 5. The van der Waals surface area contributed by atoms with Gasteiger partial charge in [-0.05, 0) is 48.4 Å². The highest BCUT2D eigenvalue weighted by Crippen LogP contribution is 2.32. The average Bonchev–Trinajstić information content (AvgIpc) is 2.76. The van der Waals surface area contributed by atoms with Crippen LogP contribution in [0.1, 0.15) is 33.1 Å². The van der Waals surface area contributed by atoms with Gasteiger partial charge in [-0.1, -0.05) is 66.2 Å². The minimum absolute atomic E-state index is 0.160. The number of hydrogen-bond donors (Lipinski definition) is 1. The summed E-state index contributed by atoms with van der Waals surface area (Å²) in [5.41, 5.74) is 3.00. The second-order valence-electron chi connectivity index (χ2n) is 7.14. The van der Waals surface area contributed by atoms with E-state index in [1.807, 2.05) is 43.3 Å². The van der Waals surface area contributed by atoms with Gasteiger partial charge >= 0.3 is 5.97 Å². The molecule has 0 unspecified atom stereocenters. The lowest BCUT2D eigenvalue weighted by molar-refractivity contribution is 0.0333. The molecular formula is C24H21NO4S. The second kappa shape index (κ2) is 8.26. The van der Waals surface area contributed by atoms with E-state index in [1.165, 1.54) is 0 Å². The van der Waals surface area contributed by atoms with Crippen LogP contribution in [0.3, 0.4) is 0 Å². The zero-order valence-electron chi connectivity index (χ0n) is 16.4. The Hall–Kier alpha value is -3.22. The first-order chi connectivity index (χ1) is 14.4. The molecule has 0 radical (unpaired) electrons. The maximum absolute atomic E-state index is 13.0. The van der Waals surface area contributed by atoms with Crippen molar-refractivity contribution in [3.63, 3.8) is 0 Å². The molecule has 1 N–H and O–H groups in total. The van der Waals surface area contributed by atoms with Crippen LogP contribution in [-0.2, 0) is 14.8 Å². The molecule has 6 heteroatoms. The molecule has 1 aliphatic carbocycles. The molecule has 0 heterocycles. The van der Waals surface area contributed by atoms with Gasteiger partial charge in [-0.2, -0.15) is 4.72 Å². The Bertz CT molecular complexity index is 1190. The third kappa shape index (κ3) is 4.20. The van der Waals surface area contributed by atoms with Crippen LogP contribution in [0.15, 0.2) is 89.8 Å². The number of aryl methyl sites for hydroxylation is 1. The molecule has 3 aromatic rings. The SMILES string of the molecule is Cc1ccc(S(=O)(=O)N[C@H]2c3ccccc3C=C[C@@H]2OC(=O)c2ccccc2)cc1. The number of nitrogens with one attached hydrogen (secondary N) is 1. The molecule has 152 valence electrons. The molecule has 0 aliphatic heterocycles. The first-order valence-corrected chi connectivity index (χ1v) is 11.0. The van der Waals surface area contributed by atoms with Crippen LogP contribution in [0.5, 0.6) is 0 Å². The molecule has 0 aromatic heterocycles. The third-order valence-corrected chi connectivity index (χ3v) is 6.45. The van der Waals surface area contributed by atoms with Gasteiger partial charge in [0.2, 0.25) is 10.0 Å². The van der Waals surface area contributed by atoms with Crippen LogP contribution >= 0.6 is 0 Å². The van der Waals surface area contributed by atoms with Crippen LogP contribution in [0, 0.1) is 6.92 Å². The first kappa shape index (κ1) is 20.1. The monoisotopic (exact) mass is 419 g/mol. The van der Waals surface area contributed by atoms with Crippen molar-refractivity contribution in [1.29, 1.82) is 0 Å². The summed E-state index contributed by atoms with van der Waals surface area (Å²) in [5.74, 6) is -0.510. The van der Waals surface area contributed by atoms with Crippen molar-refractivity contribution in [2.24, 2.45) is 0 Å². The predicted molar refractivity (Wildman–Crippen MR) is 115 cm³/mol. The fraction of sp³-hybridized carbons (Fsp3) is 0.125. The highest BCUT2D eigenvalue weighted by Gasteiger charge is 2.33. The van der Waals surface area contributed by atoms with Crippen molar-refractivity contribution >= 4 is 22.1 Å². The molecule has 0 saturated carbocycles. The van der Waals surface area contributed by atoms with Gasteiger partial charge in [0, 0.05) is 0 Å². The van der Waals surface area contributed by atoms with Crippen LogP contribution in [-0.4, -0.2) is 20.5 Å². The zero-order chi connectivity index (χ0) is 21.1. The fourth-order valence-corrected chi connectivity index (χ4v) is 4.61. The number of benzene rings is 3. The lowest BCUT2D eigenvalue weighted by Gasteiger charge is -2.30. The van der Waals surface area contributed by atoms with Gasteiger partial charge in [0.25, 0.3) is 0 Å². The number of esters is 1. The molecule has 0 saturated heterocycles. The molecule has 3 aromatic carbocycles. The average molecular weight is 420 g/mol. The second-order valence-corrected chi connectivity index (χ2v) is 8.85. The minimum atomic E-state index is -3.83. The fourth-order valence-electron chi connectivity index (χ4n) is 3.39. The molecule has 5 nitrogen and oxygen atoms in total. The lowest BCUT2D eigenvalue weighted by atomic mass is 9.91. The van der Waals surface area contributed by atoms with E-state index in [0.29, 0.717) is 5.56 Å². The number of carbonyl (C=O) groups excluding carboxylic acids is 1. The van der Waals surface area contributed by atoms with Gasteiger partial charge in [-0.25, -0.2) is 13.2 Å². The summed E-state index contributed by atoms with van der Waals surface area (Å²) in [4.78, 5) is 12.8. The molecular weight excluding hydrogens is 398 g/mol. The van der Waals surface area contributed by atoms with E-state index in [-0.39, 0.29) is 4.90 Å². The van der Waals surface area contributed by atoms with Crippen LogP contribution in [0.25, 0.3) is 6.08 Å². The molecule has 0 bridgehead atoms. The Morgan fingerprint density at radius 1 is 0.900 bits per heavy atom. The van der Waals surface area contributed by atoms with E-state index in [1.54, 1.807) is 54.6 Å². The zero-order valence-corrected chi connectivity index (χ0v) is 17.2. The summed E-state index contributed by atoms with van der Waals surface area (Å²) in [6, 6.07) is 22.0. The van der Waals surface area contributed by atoms with Crippen LogP contribution in [0.2, 0.25) is 0 Å². The largest absolute Gasteiger partial charge is 0.452 e. The van der Waals surface area contributed by atoms with E-state index in [0.717, 1.165) is 16.7 Å². The van der Waals surface area contributed by atoms with E-state index in [9.17, 15) is 13.2 Å². The third-order valence-electron chi connectivity index (χ3n) is 4.99. The summed E-state index contributed by atoms with van der Waals surface area (Å²) in [5, 5.41) is 0. The van der Waals surface area contributed by atoms with Gasteiger partial charge in [0.05, 0.1) is 16.5 Å². The van der Waals surface area contributed by atoms with Gasteiger partial charge < -0.3 is 4.74 Å².